The first-order valence-electron chi connectivity index (χ1n) is 10.2. The van der Waals surface area contributed by atoms with Crippen LogP contribution >= 0.6 is 11.6 Å². The van der Waals surface area contributed by atoms with Crippen molar-refractivity contribution >= 4 is 23.5 Å². The molecule has 1 aromatic rings. The molecule has 0 N–H and O–H groups in total. The van der Waals surface area contributed by atoms with E-state index in [1.807, 2.05) is 24.3 Å². The Morgan fingerprint density at radius 3 is 1.96 bits per heavy atom. The summed E-state index contributed by atoms with van der Waals surface area (Å²) in [6.07, 6.45) is 9.56. The molecule has 0 saturated carbocycles. The molecule has 0 bridgehead atoms. The predicted octanol–water partition coefficient (Wildman–Crippen LogP) is 5.89. The zero-order valence-corrected chi connectivity index (χ0v) is 17.3. The summed E-state index contributed by atoms with van der Waals surface area (Å²) in [7, 11) is 0. The normalized spacial score (nSPS) is 10.6. The molecule has 0 heterocycles. The molecule has 0 unspecified atom stereocenters. The Morgan fingerprint density at radius 1 is 0.815 bits per heavy atom. The van der Waals surface area contributed by atoms with E-state index < -0.39 is 0 Å². The average molecular weight is 397 g/mol. The van der Waals surface area contributed by atoms with Crippen molar-refractivity contribution in [3.8, 4) is 0 Å². The first-order valence-corrected chi connectivity index (χ1v) is 10.6. The third-order valence-corrected chi connectivity index (χ3v) is 4.73. The van der Waals surface area contributed by atoms with Crippen LogP contribution in [-0.2, 0) is 25.5 Å². The van der Waals surface area contributed by atoms with Crippen molar-refractivity contribution in [3.05, 3.63) is 34.9 Å². The van der Waals surface area contributed by atoms with Gasteiger partial charge in [0, 0.05) is 24.3 Å². The van der Waals surface area contributed by atoms with Gasteiger partial charge in [0.05, 0.1) is 13.2 Å². The maximum absolute atomic E-state index is 11.7. The molecule has 1 rings (SSSR count). The largest absolute Gasteiger partial charge is 0.466 e. The van der Waals surface area contributed by atoms with Crippen LogP contribution in [0.5, 0.6) is 0 Å². The van der Waals surface area contributed by atoms with E-state index in [4.69, 9.17) is 21.1 Å². The van der Waals surface area contributed by atoms with E-state index in [9.17, 15) is 9.59 Å². The summed E-state index contributed by atoms with van der Waals surface area (Å²) in [5.41, 5.74) is 1.00. The molecule has 0 amide bonds. The number of rotatable bonds is 15. The maximum Gasteiger partial charge on any atom is 0.305 e. The van der Waals surface area contributed by atoms with E-state index in [1.165, 1.54) is 0 Å². The van der Waals surface area contributed by atoms with Gasteiger partial charge in [0.25, 0.3) is 0 Å². The lowest BCUT2D eigenvalue weighted by Gasteiger charge is -2.06. The zero-order chi connectivity index (χ0) is 19.7. The van der Waals surface area contributed by atoms with E-state index >= 15 is 0 Å². The summed E-state index contributed by atoms with van der Waals surface area (Å²) in [4.78, 5) is 23.2. The molecule has 0 atom stereocenters. The van der Waals surface area contributed by atoms with Crippen LogP contribution in [-0.4, -0.2) is 25.2 Å². The Kier molecular flexibility index (Phi) is 13.5. The van der Waals surface area contributed by atoms with E-state index in [-0.39, 0.29) is 11.9 Å². The Hall–Kier alpha value is -1.55. The molecule has 0 fully saturated rings. The van der Waals surface area contributed by atoms with Gasteiger partial charge in [-0.3, -0.25) is 9.59 Å². The number of esters is 2. The van der Waals surface area contributed by atoms with Crippen molar-refractivity contribution < 1.29 is 19.1 Å². The fraction of sp³-hybridized carbons (Fsp3) is 0.636. The number of benzene rings is 1. The van der Waals surface area contributed by atoms with Crippen molar-refractivity contribution in [1.29, 1.82) is 0 Å². The zero-order valence-electron chi connectivity index (χ0n) is 16.5. The molecule has 27 heavy (non-hydrogen) atoms. The number of halogens is 1. The van der Waals surface area contributed by atoms with Gasteiger partial charge in [-0.1, -0.05) is 68.8 Å². The number of hydrogen-bond acceptors (Lipinski definition) is 4. The Labute approximate surface area is 168 Å². The minimum atomic E-state index is -0.142. The van der Waals surface area contributed by atoms with Crippen LogP contribution in [0.2, 0.25) is 5.02 Å². The Bertz CT molecular complexity index is 545. The summed E-state index contributed by atoms with van der Waals surface area (Å²) in [5.74, 6) is -0.222. The smallest absolute Gasteiger partial charge is 0.305 e. The molecule has 0 aliphatic carbocycles. The lowest BCUT2D eigenvalue weighted by atomic mass is 10.1. The second kappa shape index (κ2) is 15.5. The summed E-state index contributed by atoms with van der Waals surface area (Å²) in [5, 5.41) is 0.711. The number of hydrogen-bond donors (Lipinski definition) is 0. The second-order valence-corrected chi connectivity index (χ2v) is 7.16. The van der Waals surface area contributed by atoms with Crippen LogP contribution in [0.3, 0.4) is 0 Å². The fourth-order valence-electron chi connectivity index (χ4n) is 2.70. The first-order chi connectivity index (χ1) is 13.1. The molecule has 0 radical (unpaired) electrons. The second-order valence-electron chi connectivity index (χ2n) is 6.76. The molecule has 4 nitrogen and oxygen atoms in total. The van der Waals surface area contributed by atoms with Crippen LogP contribution < -0.4 is 0 Å². The molecule has 0 saturated heterocycles. The molecule has 0 aliphatic rings. The summed E-state index contributed by atoms with van der Waals surface area (Å²) in [6, 6.07) is 7.60. The van der Waals surface area contributed by atoms with E-state index in [1.54, 1.807) is 0 Å². The van der Waals surface area contributed by atoms with E-state index in [0.717, 1.165) is 56.9 Å². The fourth-order valence-corrected chi connectivity index (χ4v) is 2.93. The molecule has 1 aromatic carbocycles. The summed E-state index contributed by atoms with van der Waals surface area (Å²) < 4.78 is 10.4. The Morgan fingerprint density at radius 2 is 1.37 bits per heavy atom. The first kappa shape index (κ1) is 23.5. The topological polar surface area (TPSA) is 52.6 Å². The highest BCUT2D eigenvalue weighted by Crippen LogP contribution is 2.15. The molecular weight excluding hydrogens is 364 g/mol. The molecule has 152 valence electrons. The van der Waals surface area contributed by atoms with Crippen molar-refractivity contribution in [2.75, 3.05) is 13.2 Å². The molecule has 5 heteroatoms. The Balaban J connectivity index is 1.91. The molecule has 0 spiro atoms. The van der Waals surface area contributed by atoms with Gasteiger partial charge in [-0.05, 0) is 30.9 Å². The minimum Gasteiger partial charge on any atom is -0.466 e. The van der Waals surface area contributed by atoms with Crippen molar-refractivity contribution in [1.82, 2.24) is 0 Å². The van der Waals surface area contributed by atoms with Crippen molar-refractivity contribution in [2.45, 2.75) is 77.6 Å². The molecule has 0 aliphatic heterocycles. The third-order valence-electron chi connectivity index (χ3n) is 4.37. The van der Waals surface area contributed by atoms with Gasteiger partial charge in [-0.25, -0.2) is 0 Å². The monoisotopic (exact) mass is 396 g/mol. The van der Waals surface area contributed by atoms with Crippen molar-refractivity contribution in [2.24, 2.45) is 0 Å². The molecule has 0 aromatic heterocycles. The number of ether oxygens (including phenoxy) is 2. The van der Waals surface area contributed by atoms with Crippen LogP contribution in [0.25, 0.3) is 0 Å². The lowest BCUT2D eigenvalue weighted by Crippen LogP contribution is -2.07. The van der Waals surface area contributed by atoms with Crippen LogP contribution in [0, 0.1) is 0 Å². The van der Waals surface area contributed by atoms with Gasteiger partial charge in [0.1, 0.15) is 0 Å². The number of carbonyl (C=O) groups is 2. The lowest BCUT2D eigenvalue weighted by molar-refractivity contribution is -0.144. The summed E-state index contributed by atoms with van der Waals surface area (Å²) in [6.45, 7) is 3.00. The van der Waals surface area contributed by atoms with Gasteiger partial charge in [0.15, 0.2) is 0 Å². The number of carbonyl (C=O) groups excluding carboxylic acids is 2. The number of unbranched alkanes of at least 4 members (excludes halogenated alkanes) is 6. The highest BCUT2D eigenvalue weighted by atomic mass is 35.5. The van der Waals surface area contributed by atoms with Crippen molar-refractivity contribution in [3.63, 3.8) is 0 Å². The van der Waals surface area contributed by atoms with E-state index in [0.29, 0.717) is 37.5 Å². The quantitative estimate of drug-likeness (QED) is 0.274. The third kappa shape index (κ3) is 12.5. The van der Waals surface area contributed by atoms with Crippen LogP contribution in [0.15, 0.2) is 24.3 Å². The van der Waals surface area contributed by atoms with Gasteiger partial charge in [-0.2, -0.15) is 0 Å². The SMILES string of the molecule is CCCCOC(=O)CCCCCCCCC(=O)OCCc1ccccc1Cl. The molecular formula is C22H33ClO4. The van der Waals surface area contributed by atoms with Gasteiger partial charge >= 0.3 is 11.9 Å². The van der Waals surface area contributed by atoms with Crippen LogP contribution in [0.1, 0.15) is 76.7 Å². The predicted molar refractivity (Wildman–Crippen MR) is 109 cm³/mol. The maximum atomic E-state index is 11.7. The standard InChI is InChI=1S/C22H33ClO4/c1-2-3-17-26-21(24)14-8-6-4-5-7-9-15-22(25)27-18-16-19-12-10-11-13-20(19)23/h10-13H,2-9,14-18H2,1H3. The van der Waals surface area contributed by atoms with Crippen LogP contribution in [0.4, 0.5) is 0 Å². The van der Waals surface area contributed by atoms with Gasteiger partial charge < -0.3 is 9.47 Å². The van der Waals surface area contributed by atoms with Gasteiger partial charge in [-0.15, -0.1) is 0 Å². The summed E-state index contributed by atoms with van der Waals surface area (Å²) >= 11 is 6.07. The van der Waals surface area contributed by atoms with E-state index in [2.05, 4.69) is 6.92 Å². The highest BCUT2D eigenvalue weighted by Gasteiger charge is 2.05. The minimum absolute atomic E-state index is 0.0806. The highest BCUT2D eigenvalue weighted by molar-refractivity contribution is 6.31. The average Bonchev–Trinajstić information content (AvgIpc) is 2.65. The van der Waals surface area contributed by atoms with Gasteiger partial charge in [0.2, 0.25) is 0 Å².